The molecule has 1 fully saturated rings. The Morgan fingerprint density at radius 1 is 1.50 bits per heavy atom. The fourth-order valence-corrected chi connectivity index (χ4v) is 3.52. The molecular formula is C14H23NO2S. The summed E-state index contributed by atoms with van der Waals surface area (Å²) < 4.78 is 11.4. The van der Waals surface area contributed by atoms with Crippen molar-refractivity contribution in [2.45, 2.75) is 37.8 Å². The van der Waals surface area contributed by atoms with E-state index in [1.54, 1.807) is 11.3 Å². The Labute approximate surface area is 113 Å². The van der Waals surface area contributed by atoms with Crippen molar-refractivity contribution in [3.8, 4) is 0 Å². The number of nitrogens with one attached hydrogen (secondary N) is 1. The van der Waals surface area contributed by atoms with Gasteiger partial charge in [-0.05, 0) is 24.4 Å². The Hall–Kier alpha value is -0.420. The maximum absolute atomic E-state index is 5.93. The van der Waals surface area contributed by atoms with Crippen molar-refractivity contribution in [2.24, 2.45) is 0 Å². The predicted octanol–water partition coefficient (Wildman–Crippen LogP) is 2.98. The minimum atomic E-state index is -0.113. The highest BCUT2D eigenvalue weighted by Crippen LogP contribution is 2.38. The molecule has 1 aromatic heterocycles. The molecule has 18 heavy (non-hydrogen) atoms. The van der Waals surface area contributed by atoms with Crippen LogP contribution in [0.5, 0.6) is 0 Å². The summed E-state index contributed by atoms with van der Waals surface area (Å²) >= 11 is 1.81. The molecule has 0 amide bonds. The molecular weight excluding hydrogens is 246 g/mol. The summed E-state index contributed by atoms with van der Waals surface area (Å²) in [5.74, 6) is 0. The van der Waals surface area contributed by atoms with E-state index in [0.717, 1.165) is 39.0 Å². The molecule has 1 atom stereocenters. The average Bonchev–Trinajstić information content (AvgIpc) is 2.94. The Kier molecular flexibility index (Phi) is 5.18. The van der Waals surface area contributed by atoms with E-state index in [0.29, 0.717) is 0 Å². The quantitative estimate of drug-likeness (QED) is 0.861. The smallest absolute Gasteiger partial charge is 0.0924 e. The number of hydrogen-bond acceptors (Lipinski definition) is 4. The first-order chi connectivity index (χ1) is 8.82. The van der Waals surface area contributed by atoms with Gasteiger partial charge >= 0.3 is 0 Å². The van der Waals surface area contributed by atoms with Gasteiger partial charge in [-0.15, -0.1) is 11.3 Å². The zero-order chi connectivity index (χ0) is 12.8. The van der Waals surface area contributed by atoms with Gasteiger partial charge in [0.1, 0.15) is 0 Å². The molecule has 0 aliphatic carbocycles. The van der Waals surface area contributed by atoms with Crippen molar-refractivity contribution in [1.82, 2.24) is 5.32 Å². The highest BCUT2D eigenvalue weighted by molar-refractivity contribution is 7.10. The van der Waals surface area contributed by atoms with E-state index in [-0.39, 0.29) is 11.6 Å². The molecule has 3 nitrogen and oxygen atoms in total. The number of methoxy groups -OCH3 is 1. The van der Waals surface area contributed by atoms with Crippen LogP contribution in [-0.4, -0.2) is 32.5 Å². The van der Waals surface area contributed by atoms with Crippen LogP contribution in [0.1, 0.15) is 37.1 Å². The molecule has 1 aliphatic rings. The van der Waals surface area contributed by atoms with E-state index in [2.05, 4.69) is 29.8 Å². The normalized spacial score (nSPS) is 20.8. The summed E-state index contributed by atoms with van der Waals surface area (Å²) in [5.41, 5.74) is -0.113. The molecule has 2 rings (SSSR count). The second-order valence-electron chi connectivity index (χ2n) is 4.78. The highest BCUT2D eigenvalue weighted by atomic mass is 32.1. The minimum Gasteiger partial charge on any atom is -0.381 e. The molecule has 0 aromatic carbocycles. The Balaban J connectivity index is 2.20. The van der Waals surface area contributed by atoms with Gasteiger partial charge < -0.3 is 14.8 Å². The fraction of sp³-hybridized carbons (Fsp3) is 0.714. The van der Waals surface area contributed by atoms with E-state index in [1.165, 1.54) is 4.88 Å². The molecule has 0 radical (unpaired) electrons. The van der Waals surface area contributed by atoms with Gasteiger partial charge in [0.15, 0.2) is 0 Å². The van der Waals surface area contributed by atoms with Crippen LogP contribution in [0.2, 0.25) is 0 Å². The SMILES string of the molecule is CCCNC(c1cccs1)C1(OC)CCOCC1. The lowest BCUT2D eigenvalue weighted by Crippen LogP contribution is -2.49. The van der Waals surface area contributed by atoms with E-state index >= 15 is 0 Å². The Morgan fingerprint density at radius 2 is 2.28 bits per heavy atom. The molecule has 1 aromatic rings. The second kappa shape index (κ2) is 6.66. The van der Waals surface area contributed by atoms with Crippen LogP contribution in [-0.2, 0) is 9.47 Å². The number of hydrogen-bond donors (Lipinski definition) is 1. The number of rotatable bonds is 6. The van der Waals surface area contributed by atoms with Crippen LogP contribution in [0.25, 0.3) is 0 Å². The average molecular weight is 269 g/mol. The van der Waals surface area contributed by atoms with E-state index in [9.17, 15) is 0 Å². The molecule has 0 bridgehead atoms. The van der Waals surface area contributed by atoms with Gasteiger partial charge in [-0.2, -0.15) is 0 Å². The molecule has 0 saturated carbocycles. The maximum atomic E-state index is 5.93. The lowest BCUT2D eigenvalue weighted by molar-refractivity contribution is -0.111. The number of ether oxygens (including phenoxy) is 2. The molecule has 1 saturated heterocycles. The summed E-state index contributed by atoms with van der Waals surface area (Å²) in [6, 6.07) is 4.60. The van der Waals surface area contributed by atoms with E-state index < -0.39 is 0 Å². The monoisotopic (exact) mass is 269 g/mol. The van der Waals surface area contributed by atoms with Gasteiger partial charge in [0, 0.05) is 38.0 Å². The lowest BCUT2D eigenvalue weighted by Gasteiger charge is -2.42. The number of thiophene rings is 1. The minimum absolute atomic E-state index is 0.113. The van der Waals surface area contributed by atoms with Crippen molar-refractivity contribution in [3.63, 3.8) is 0 Å². The van der Waals surface area contributed by atoms with Crippen molar-refractivity contribution in [1.29, 1.82) is 0 Å². The van der Waals surface area contributed by atoms with Crippen LogP contribution < -0.4 is 5.32 Å². The van der Waals surface area contributed by atoms with Gasteiger partial charge in [0.05, 0.1) is 11.6 Å². The third-order valence-electron chi connectivity index (χ3n) is 3.70. The summed E-state index contributed by atoms with van der Waals surface area (Å²) in [7, 11) is 1.83. The third kappa shape index (κ3) is 2.94. The summed E-state index contributed by atoms with van der Waals surface area (Å²) in [6.07, 6.45) is 3.06. The van der Waals surface area contributed by atoms with Crippen molar-refractivity contribution in [3.05, 3.63) is 22.4 Å². The fourth-order valence-electron chi connectivity index (χ4n) is 2.62. The van der Waals surface area contributed by atoms with Crippen molar-refractivity contribution >= 4 is 11.3 Å². The van der Waals surface area contributed by atoms with Gasteiger partial charge in [-0.25, -0.2) is 0 Å². The van der Waals surface area contributed by atoms with Gasteiger partial charge in [0.25, 0.3) is 0 Å². The van der Waals surface area contributed by atoms with Crippen LogP contribution >= 0.6 is 11.3 Å². The largest absolute Gasteiger partial charge is 0.381 e. The zero-order valence-electron chi connectivity index (χ0n) is 11.3. The summed E-state index contributed by atoms with van der Waals surface area (Å²) in [5, 5.41) is 5.80. The molecule has 1 unspecified atom stereocenters. The molecule has 1 N–H and O–H groups in total. The second-order valence-corrected chi connectivity index (χ2v) is 5.76. The topological polar surface area (TPSA) is 30.5 Å². The molecule has 102 valence electrons. The van der Waals surface area contributed by atoms with Crippen LogP contribution in [0.3, 0.4) is 0 Å². The van der Waals surface area contributed by atoms with Crippen LogP contribution in [0.15, 0.2) is 17.5 Å². The van der Waals surface area contributed by atoms with E-state index in [1.807, 2.05) is 7.11 Å². The standard InChI is InChI=1S/C14H23NO2S/c1-3-8-15-13(12-5-4-11-18-12)14(16-2)6-9-17-10-7-14/h4-5,11,13,15H,3,6-10H2,1-2H3. The van der Waals surface area contributed by atoms with Crippen molar-refractivity contribution in [2.75, 3.05) is 26.9 Å². The Morgan fingerprint density at radius 3 is 2.83 bits per heavy atom. The third-order valence-corrected chi connectivity index (χ3v) is 4.64. The molecule has 4 heteroatoms. The molecule has 0 spiro atoms. The molecule has 2 heterocycles. The summed E-state index contributed by atoms with van der Waals surface area (Å²) in [4.78, 5) is 1.37. The zero-order valence-corrected chi connectivity index (χ0v) is 12.1. The summed E-state index contributed by atoms with van der Waals surface area (Å²) in [6.45, 7) is 4.81. The predicted molar refractivity (Wildman–Crippen MR) is 75.1 cm³/mol. The first-order valence-corrected chi connectivity index (χ1v) is 7.60. The van der Waals surface area contributed by atoms with Gasteiger partial charge in [-0.3, -0.25) is 0 Å². The van der Waals surface area contributed by atoms with Gasteiger partial charge in [-0.1, -0.05) is 13.0 Å². The van der Waals surface area contributed by atoms with E-state index in [4.69, 9.17) is 9.47 Å². The highest BCUT2D eigenvalue weighted by Gasteiger charge is 2.41. The molecule has 1 aliphatic heterocycles. The van der Waals surface area contributed by atoms with Crippen LogP contribution in [0.4, 0.5) is 0 Å². The maximum Gasteiger partial charge on any atom is 0.0924 e. The lowest BCUT2D eigenvalue weighted by atomic mass is 9.85. The van der Waals surface area contributed by atoms with Crippen LogP contribution in [0, 0.1) is 0 Å². The first-order valence-electron chi connectivity index (χ1n) is 6.72. The Bertz CT molecular complexity index is 334. The van der Waals surface area contributed by atoms with Gasteiger partial charge in [0.2, 0.25) is 0 Å². The first kappa shape index (κ1) is 14.0. The van der Waals surface area contributed by atoms with Crippen molar-refractivity contribution < 1.29 is 9.47 Å².